The fraction of sp³-hybridized carbons (Fsp3) is 0.0625. The number of hydrazone groups is 1. The van der Waals surface area contributed by atoms with Crippen molar-refractivity contribution in [3.05, 3.63) is 56.9 Å². The first-order valence-corrected chi connectivity index (χ1v) is 8.11. The molecule has 0 atom stereocenters. The van der Waals surface area contributed by atoms with Crippen LogP contribution in [0.4, 0.5) is 5.69 Å². The number of aromatic nitrogens is 1. The van der Waals surface area contributed by atoms with Crippen LogP contribution in [0.3, 0.4) is 0 Å². The molecule has 9 heteroatoms. The molecule has 1 aliphatic heterocycles. The normalized spacial score (nSPS) is 14.0. The minimum atomic E-state index is -0.601. The molecule has 2 heterocycles. The number of benzene rings is 1. The van der Waals surface area contributed by atoms with Crippen molar-refractivity contribution >= 4 is 51.8 Å². The number of ether oxygens (including phenoxy) is 1. The second-order valence-corrected chi connectivity index (χ2v) is 6.21. The van der Waals surface area contributed by atoms with Crippen molar-refractivity contribution in [1.82, 2.24) is 10.4 Å². The molecule has 2 amide bonds. The third kappa shape index (κ3) is 3.50. The Kier molecular flexibility index (Phi) is 4.74. The second-order valence-electron chi connectivity index (χ2n) is 4.97. The van der Waals surface area contributed by atoms with Crippen LogP contribution in [0.2, 0.25) is 0 Å². The number of rotatable bonds is 3. The Labute approximate surface area is 155 Å². The molecule has 0 aliphatic carbocycles. The Hall–Kier alpha value is -2.82. The third-order valence-corrected chi connectivity index (χ3v) is 4.06. The smallest absolute Gasteiger partial charge is 0.339 e. The van der Waals surface area contributed by atoms with Gasteiger partial charge < -0.3 is 10.1 Å². The third-order valence-electron chi connectivity index (χ3n) is 3.39. The molecule has 1 aliphatic rings. The summed E-state index contributed by atoms with van der Waals surface area (Å²) in [7, 11) is 1.25. The number of carbonyl (C=O) groups is 3. The molecule has 25 heavy (non-hydrogen) atoms. The van der Waals surface area contributed by atoms with Crippen LogP contribution in [0.1, 0.15) is 26.4 Å². The highest BCUT2D eigenvalue weighted by atomic mass is 127. The lowest BCUT2D eigenvalue weighted by atomic mass is 10.1. The summed E-state index contributed by atoms with van der Waals surface area (Å²) >= 11 is 2.12. The zero-order chi connectivity index (χ0) is 18.0. The van der Waals surface area contributed by atoms with Gasteiger partial charge in [0.15, 0.2) is 5.71 Å². The van der Waals surface area contributed by atoms with E-state index in [4.69, 9.17) is 0 Å². The first kappa shape index (κ1) is 17.0. The van der Waals surface area contributed by atoms with Gasteiger partial charge in [-0.15, -0.1) is 0 Å². The number of amides is 2. The monoisotopic (exact) mass is 450 g/mol. The van der Waals surface area contributed by atoms with E-state index in [1.54, 1.807) is 12.1 Å². The Bertz CT molecular complexity index is 909. The Morgan fingerprint density at radius 1 is 1.28 bits per heavy atom. The van der Waals surface area contributed by atoms with Crippen molar-refractivity contribution in [3.63, 3.8) is 0 Å². The van der Waals surface area contributed by atoms with E-state index in [0.717, 1.165) is 3.57 Å². The summed E-state index contributed by atoms with van der Waals surface area (Å²) in [6.45, 7) is 0. The molecule has 0 saturated heterocycles. The molecule has 0 saturated carbocycles. The summed E-state index contributed by atoms with van der Waals surface area (Å²) in [5.41, 5.74) is 3.95. The summed E-state index contributed by atoms with van der Waals surface area (Å²) in [5.74, 6) is -1.55. The van der Waals surface area contributed by atoms with Crippen molar-refractivity contribution in [1.29, 1.82) is 0 Å². The first-order valence-electron chi connectivity index (χ1n) is 7.03. The molecule has 0 bridgehead atoms. The maximum Gasteiger partial charge on any atom is 0.339 e. The maximum atomic E-state index is 12.1. The molecule has 1 aromatic heterocycles. The molecule has 0 spiro atoms. The molecule has 3 rings (SSSR count). The van der Waals surface area contributed by atoms with Gasteiger partial charge in [-0.2, -0.15) is 5.10 Å². The fourth-order valence-corrected chi connectivity index (χ4v) is 2.66. The molecule has 0 radical (unpaired) electrons. The molecule has 1 aromatic carbocycles. The minimum Gasteiger partial charge on any atom is -0.465 e. The molecule has 2 aromatic rings. The van der Waals surface area contributed by atoms with E-state index in [1.807, 2.05) is 6.07 Å². The number of methoxy groups -OCH3 is 1. The van der Waals surface area contributed by atoms with Crippen LogP contribution in [0, 0.1) is 3.57 Å². The summed E-state index contributed by atoms with van der Waals surface area (Å²) in [6.07, 6.45) is 1.23. The largest absolute Gasteiger partial charge is 0.465 e. The molecule has 0 unspecified atom stereocenters. The SMILES string of the molecule is COC(=O)c1ccc(C(=O)N/N=C2\C(=O)Nc3ccc(I)cc32)nc1. The quantitative estimate of drug-likeness (QED) is 0.419. The number of nitrogens with zero attached hydrogens (tertiary/aromatic N) is 2. The summed E-state index contributed by atoms with van der Waals surface area (Å²) < 4.78 is 5.50. The predicted octanol–water partition coefficient (Wildman–Crippen LogP) is 1.56. The lowest BCUT2D eigenvalue weighted by Crippen LogP contribution is -2.24. The van der Waals surface area contributed by atoms with Crippen molar-refractivity contribution in [2.75, 3.05) is 12.4 Å². The number of esters is 1. The molecule has 2 N–H and O–H groups in total. The second kappa shape index (κ2) is 6.97. The molecular weight excluding hydrogens is 439 g/mol. The standard InChI is InChI=1S/C16H11IN4O4/c1-25-16(24)8-2-4-12(18-7-8)14(22)21-20-13-10-6-9(17)3-5-11(10)19-15(13)23/h2-7H,1H3,(H,21,22)(H,19,20,23). The van der Waals surface area contributed by atoms with Gasteiger partial charge in [0, 0.05) is 15.3 Å². The van der Waals surface area contributed by atoms with Crippen LogP contribution in [0.5, 0.6) is 0 Å². The number of fused-ring (bicyclic) bond motifs is 1. The van der Waals surface area contributed by atoms with Crippen molar-refractivity contribution in [2.45, 2.75) is 0 Å². The van der Waals surface area contributed by atoms with E-state index in [2.05, 4.69) is 48.2 Å². The van der Waals surface area contributed by atoms with Crippen LogP contribution >= 0.6 is 22.6 Å². The summed E-state index contributed by atoms with van der Waals surface area (Å²) in [4.78, 5) is 39.3. The number of anilines is 1. The van der Waals surface area contributed by atoms with Gasteiger partial charge in [-0.1, -0.05) is 0 Å². The average Bonchev–Trinajstić information content (AvgIpc) is 2.93. The van der Waals surface area contributed by atoms with Gasteiger partial charge in [0.2, 0.25) is 0 Å². The number of nitrogens with one attached hydrogen (secondary N) is 2. The van der Waals surface area contributed by atoms with Gasteiger partial charge in [0.05, 0.1) is 18.4 Å². The fourth-order valence-electron chi connectivity index (χ4n) is 2.17. The van der Waals surface area contributed by atoms with Crippen LogP contribution in [0.25, 0.3) is 0 Å². The van der Waals surface area contributed by atoms with Crippen LogP contribution in [-0.4, -0.2) is 35.6 Å². The van der Waals surface area contributed by atoms with Gasteiger partial charge in [-0.3, -0.25) is 14.6 Å². The zero-order valence-electron chi connectivity index (χ0n) is 12.9. The lowest BCUT2D eigenvalue weighted by molar-refractivity contribution is -0.110. The van der Waals surface area contributed by atoms with Gasteiger partial charge in [0.25, 0.3) is 11.8 Å². The van der Waals surface area contributed by atoms with Crippen molar-refractivity contribution in [3.8, 4) is 0 Å². The highest BCUT2D eigenvalue weighted by molar-refractivity contribution is 14.1. The molecule has 0 fully saturated rings. The van der Waals surface area contributed by atoms with Gasteiger partial charge >= 0.3 is 5.97 Å². The molecular formula is C16H11IN4O4. The Balaban J connectivity index is 1.78. The minimum absolute atomic E-state index is 0.0540. The van der Waals surface area contributed by atoms with E-state index in [9.17, 15) is 14.4 Å². The lowest BCUT2D eigenvalue weighted by Gasteiger charge is -2.02. The highest BCUT2D eigenvalue weighted by Crippen LogP contribution is 2.25. The van der Waals surface area contributed by atoms with Crippen molar-refractivity contribution in [2.24, 2.45) is 5.10 Å². The predicted molar refractivity (Wildman–Crippen MR) is 97.4 cm³/mol. The number of hydrogen-bond acceptors (Lipinski definition) is 6. The number of carbonyl (C=O) groups excluding carboxylic acids is 3. The van der Waals surface area contributed by atoms with Crippen LogP contribution in [0.15, 0.2) is 41.6 Å². The van der Waals surface area contributed by atoms with Crippen LogP contribution < -0.4 is 10.7 Å². The molecule has 8 nitrogen and oxygen atoms in total. The van der Waals surface area contributed by atoms with E-state index < -0.39 is 17.8 Å². The first-order chi connectivity index (χ1) is 12.0. The molecule has 126 valence electrons. The number of hydrogen-bond donors (Lipinski definition) is 2. The summed E-state index contributed by atoms with van der Waals surface area (Å²) in [6, 6.07) is 8.21. The van der Waals surface area contributed by atoms with E-state index in [-0.39, 0.29) is 17.0 Å². The number of pyridine rings is 1. The number of halogens is 1. The Morgan fingerprint density at radius 2 is 2.08 bits per heavy atom. The summed E-state index contributed by atoms with van der Waals surface area (Å²) in [5, 5.41) is 6.58. The van der Waals surface area contributed by atoms with Gasteiger partial charge in [-0.25, -0.2) is 10.2 Å². The topological polar surface area (TPSA) is 110 Å². The zero-order valence-corrected chi connectivity index (χ0v) is 15.0. The van der Waals surface area contributed by atoms with E-state index in [0.29, 0.717) is 11.3 Å². The van der Waals surface area contributed by atoms with Gasteiger partial charge in [0.1, 0.15) is 5.69 Å². The van der Waals surface area contributed by atoms with Crippen molar-refractivity contribution < 1.29 is 19.1 Å². The van der Waals surface area contributed by atoms with Crippen LogP contribution in [-0.2, 0) is 9.53 Å². The van der Waals surface area contributed by atoms with E-state index in [1.165, 1.54) is 25.4 Å². The maximum absolute atomic E-state index is 12.1. The highest BCUT2D eigenvalue weighted by Gasteiger charge is 2.26. The van der Waals surface area contributed by atoms with E-state index >= 15 is 0 Å². The Morgan fingerprint density at radius 3 is 2.76 bits per heavy atom. The van der Waals surface area contributed by atoms with Gasteiger partial charge in [-0.05, 0) is 52.9 Å². The average molecular weight is 450 g/mol.